The van der Waals surface area contributed by atoms with Gasteiger partial charge in [-0.15, -0.1) is 0 Å². The number of rotatable bonds is 1. The summed E-state index contributed by atoms with van der Waals surface area (Å²) in [6.07, 6.45) is 4.67. The molecule has 5 heteroatoms. The summed E-state index contributed by atoms with van der Waals surface area (Å²) in [5, 5.41) is 0. The van der Waals surface area contributed by atoms with Gasteiger partial charge in [-0.3, -0.25) is 19.3 Å². The maximum atomic E-state index is 13.9. The molecule has 0 spiro atoms. The highest BCUT2D eigenvalue weighted by atomic mass is 16.2. The number of carbonyl (C=O) groups is 3. The second kappa shape index (κ2) is 5.31. The second-order valence-corrected chi connectivity index (χ2v) is 8.86. The summed E-state index contributed by atoms with van der Waals surface area (Å²) >= 11 is 0. The fraction of sp³-hybridized carbons (Fsp3) is 0.500. The lowest BCUT2D eigenvalue weighted by Crippen LogP contribution is -2.67. The molecule has 4 rings (SSSR count). The molecule has 0 aromatic heterocycles. The number of fused-ring (bicyclic) bond motifs is 3. The number of hydrogen-bond donors (Lipinski definition) is 0. The molecule has 1 saturated heterocycles. The van der Waals surface area contributed by atoms with Crippen molar-refractivity contribution >= 4 is 23.8 Å². The van der Waals surface area contributed by atoms with Crippen LogP contribution >= 0.6 is 0 Å². The molecule has 2 heterocycles. The number of benzene rings is 1. The number of nitrogens with zero attached hydrogens (tertiary/aromatic N) is 2. The van der Waals surface area contributed by atoms with E-state index in [2.05, 4.69) is 0 Å². The maximum Gasteiger partial charge on any atom is 0.245 e. The zero-order chi connectivity index (χ0) is 19.8. The standard InChI is InChI=1S/C22H26N2O3/c1-14-16-9-7-6-8-15(16)10-13-24(14)19(27)22-12-11-21(4,20(22,2)3)17(25)23(5)18(22)26/h6-10,13-14H,11-12H2,1-5H3/t14-,21+,22-/m1/s1. The maximum absolute atomic E-state index is 13.9. The van der Waals surface area contributed by atoms with Crippen LogP contribution in [0.5, 0.6) is 0 Å². The summed E-state index contributed by atoms with van der Waals surface area (Å²) in [4.78, 5) is 43.0. The van der Waals surface area contributed by atoms with E-state index >= 15 is 0 Å². The minimum absolute atomic E-state index is 0.161. The molecule has 3 atom stereocenters. The van der Waals surface area contributed by atoms with Gasteiger partial charge in [0.2, 0.25) is 17.7 Å². The zero-order valence-corrected chi connectivity index (χ0v) is 16.6. The Morgan fingerprint density at radius 1 is 1.07 bits per heavy atom. The predicted molar refractivity (Wildman–Crippen MR) is 102 cm³/mol. The van der Waals surface area contributed by atoms with Crippen LogP contribution in [0.15, 0.2) is 30.5 Å². The number of likely N-dealkylation sites (tertiary alicyclic amines) is 1. The first-order valence-corrected chi connectivity index (χ1v) is 9.52. The fourth-order valence-electron chi connectivity index (χ4n) is 5.44. The van der Waals surface area contributed by atoms with E-state index in [9.17, 15) is 14.4 Å². The molecule has 1 aromatic rings. The van der Waals surface area contributed by atoms with Gasteiger partial charge in [0.05, 0.1) is 11.5 Å². The van der Waals surface area contributed by atoms with E-state index in [1.165, 1.54) is 11.9 Å². The van der Waals surface area contributed by atoms with E-state index in [0.29, 0.717) is 12.8 Å². The Hall–Kier alpha value is -2.43. The van der Waals surface area contributed by atoms with Crippen LogP contribution < -0.4 is 0 Å². The minimum Gasteiger partial charge on any atom is -0.311 e. The minimum atomic E-state index is -1.21. The van der Waals surface area contributed by atoms with Gasteiger partial charge in [0.25, 0.3) is 0 Å². The lowest BCUT2D eigenvalue weighted by molar-refractivity contribution is -0.182. The first-order valence-electron chi connectivity index (χ1n) is 9.52. The van der Waals surface area contributed by atoms with Crippen molar-refractivity contribution in [3.05, 3.63) is 41.6 Å². The summed E-state index contributed by atoms with van der Waals surface area (Å²) in [6, 6.07) is 7.82. The van der Waals surface area contributed by atoms with Gasteiger partial charge in [0, 0.05) is 18.7 Å². The highest BCUT2D eigenvalue weighted by Crippen LogP contribution is 2.67. The Balaban J connectivity index is 1.82. The molecule has 2 aliphatic heterocycles. The summed E-state index contributed by atoms with van der Waals surface area (Å²) in [5.74, 6) is -0.734. The van der Waals surface area contributed by atoms with Crippen molar-refractivity contribution in [2.75, 3.05) is 7.05 Å². The normalized spacial score (nSPS) is 34.0. The van der Waals surface area contributed by atoms with Crippen LogP contribution in [0.1, 0.15) is 57.7 Å². The van der Waals surface area contributed by atoms with E-state index in [-0.39, 0.29) is 23.8 Å². The molecule has 5 nitrogen and oxygen atoms in total. The van der Waals surface area contributed by atoms with Crippen LogP contribution in [0.4, 0.5) is 0 Å². The van der Waals surface area contributed by atoms with E-state index in [0.717, 1.165) is 11.1 Å². The van der Waals surface area contributed by atoms with E-state index in [1.807, 2.05) is 58.0 Å². The fourth-order valence-corrected chi connectivity index (χ4v) is 5.44. The van der Waals surface area contributed by atoms with Crippen LogP contribution in [0.25, 0.3) is 6.08 Å². The SMILES string of the molecule is C[C@@H]1c2ccccc2C=CN1C(=O)[C@@]12CC[C@@](C)(C(=O)N(C)C1=O)C2(C)C. The number of hydrogen-bond acceptors (Lipinski definition) is 3. The number of carbonyl (C=O) groups excluding carboxylic acids is 3. The first kappa shape index (κ1) is 18.0. The average molecular weight is 366 g/mol. The van der Waals surface area contributed by atoms with Crippen LogP contribution in [0.3, 0.4) is 0 Å². The Morgan fingerprint density at radius 2 is 1.74 bits per heavy atom. The molecule has 3 amide bonds. The molecule has 0 N–H and O–H groups in total. The van der Waals surface area contributed by atoms with Crippen molar-refractivity contribution in [2.24, 2.45) is 16.2 Å². The molecule has 1 saturated carbocycles. The monoisotopic (exact) mass is 366 g/mol. The van der Waals surface area contributed by atoms with Crippen molar-refractivity contribution in [3.8, 4) is 0 Å². The van der Waals surface area contributed by atoms with Gasteiger partial charge < -0.3 is 4.90 Å². The Bertz CT molecular complexity index is 903. The third kappa shape index (κ3) is 1.87. The zero-order valence-electron chi connectivity index (χ0n) is 16.6. The average Bonchev–Trinajstić information content (AvgIpc) is 2.83. The summed E-state index contributed by atoms with van der Waals surface area (Å²) in [6.45, 7) is 7.71. The van der Waals surface area contributed by atoms with Gasteiger partial charge in [-0.05, 0) is 37.0 Å². The van der Waals surface area contributed by atoms with Crippen LogP contribution in [-0.2, 0) is 14.4 Å². The Labute approximate surface area is 160 Å². The number of imide groups is 1. The first-order chi connectivity index (χ1) is 12.6. The molecule has 142 valence electrons. The summed E-state index contributed by atoms with van der Waals surface area (Å²) < 4.78 is 0. The molecule has 1 aliphatic carbocycles. The van der Waals surface area contributed by atoms with Crippen LogP contribution in [0.2, 0.25) is 0 Å². The van der Waals surface area contributed by atoms with E-state index in [1.54, 1.807) is 11.1 Å². The highest BCUT2D eigenvalue weighted by molar-refractivity contribution is 6.16. The Morgan fingerprint density at radius 3 is 2.44 bits per heavy atom. The molecular formula is C22H26N2O3. The summed E-state index contributed by atoms with van der Waals surface area (Å²) in [5.41, 5.74) is -0.524. The van der Waals surface area contributed by atoms with Crippen LogP contribution in [-0.4, -0.2) is 34.6 Å². The molecule has 0 unspecified atom stereocenters. The van der Waals surface area contributed by atoms with Gasteiger partial charge in [-0.2, -0.15) is 0 Å². The largest absolute Gasteiger partial charge is 0.311 e. The highest BCUT2D eigenvalue weighted by Gasteiger charge is 2.75. The van der Waals surface area contributed by atoms with Gasteiger partial charge in [-0.25, -0.2) is 0 Å². The third-order valence-electron chi connectivity index (χ3n) is 7.77. The second-order valence-electron chi connectivity index (χ2n) is 8.86. The van der Waals surface area contributed by atoms with Crippen LogP contribution in [0, 0.1) is 16.2 Å². The van der Waals surface area contributed by atoms with Gasteiger partial charge in [-0.1, -0.05) is 45.0 Å². The molecule has 3 aliphatic rings. The van der Waals surface area contributed by atoms with E-state index in [4.69, 9.17) is 0 Å². The molecule has 0 radical (unpaired) electrons. The van der Waals surface area contributed by atoms with Gasteiger partial charge in [0.15, 0.2) is 0 Å². The number of piperidine rings is 1. The smallest absolute Gasteiger partial charge is 0.245 e. The van der Waals surface area contributed by atoms with Gasteiger partial charge in [0.1, 0.15) is 5.41 Å². The van der Waals surface area contributed by atoms with Crippen molar-refractivity contribution in [3.63, 3.8) is 0 Å². The number of amides is 3. The van der Waals surface area contributed by atoms with Crippen molar-refractivity contribution in [1.29, 1.82) is 0 Å². The topological polar surface area (TPSA) is 57.7 Å². The summed E-state index contributed by atoms with van der Waals surface area (Å²) in [7, 11) is 1.51. The molecule has 2 bridgehead atoms. The third-order valence-corrected chi connectivity index (χ3v) is 7.77. The Kier molecular flexibility index (Phi) is 3.53. The molecule has 1 aromatic carbocycles. The molecule has 2 fully saturated rings. The lowest BCUT2D eigenvalue weighted by Gasteiger charge is -2.53. The predicted octanol–water partition coefficient (Wildman–Crippen LogP) is 3.37. The van der Waals surface area contributed by atoms with Crippen molar-refractivity contribution in [1.82, 2.24) is 9.80 Å². The quantitative estimate of drug-likeness (QED) is 0.566. The van der Waals surface area contributed by atoms with E-state index < -0.39 is 16.2 Å². The molecule has 27 heavy (non-hydrogen) atoms. The van der Waals surface area contributed by atoms with Crippen molar-refractivity contribution < 1.29 is 14.4 Å². The van der Waals surface area contributed by atoms with Gasteiger partial charge >= 0.3 is 0 Å². The van der Waals surface area contributed by atoms with Crippen molar-refractivity contribution in [2.45, 2.75) is 46.6 Å². The molecular weight excluding hydrogens is 340 g/mol. The lowest BCUT2D eigenvalue weighted by atomic mass is 9.55.